The summed E-state index contributed by atoms with van der Waals surface area (Å²) in [6.45, 7) is 2.86. The first kappa shape index (κ1) is 14.0. The van der Waals surface area contributed by atoms with Gasteiger partial charge in [-0.3, -0.25) is 9.59 Å². The molecule has 2 aromatic rings. The standard InChI is InChI=1S/C17H16O3/c1-12(18)17(13(2)19)14-8-10-16(11-9-14)20-15-6-4-3-5-7-15/h3-11,17H,1-2H3. The quantitative estimate of drug-likeness (QED) is 0.776. The first-order valence-corrected chi connectivity index (χ1v) is 6.41. The average Bonchev–Trinajstić information content (AvgIpc) is 2.41. The van der Waals surface area contributed by atoms with Crippen molar-refractivity contribution in [3.63, 3.8) is 0 Å². The van der Waals surface area contributed by atoms with Gasteiger partial charge in [0.05, 0.1) is 0 Å². The van der Waals surface area contributed by atoms with Crippen LogP contribution in [0.1, 0.15) is 25.3 Å². The molecule has 0 heterocycles. The number of benzene rings is 2. The van der Waals surface area contributed by atoms with E-state index in [1.807, 2.05) is 30.3 Å². The first-order chi connectivity index (χ1) is 9.58. The third kappa shape index (κ3) is 3.32. The van der Waals surface area contributed by atoms with E-state index in [0.29, 0.717) is 11.3 Å². The summed E-state index contributed by atoms with van der Waals surface area (Å²) in [5.74, 6) is 0.449. The van der Waals surface area contributed by atoms with Crippen LogP contribution < -0.4 is 4.74 Å². The second kappa shape index (κ2) is 6.15. The van der Waals surface area contributed by atoms with Crippen molar-refractivity contribution in [2.45, 2.75) is 19.8 Å². The molecule has 102 valence electrons. The molecule has 0 fully saturated rings. The molecular formula is C17H16O3. The zero-order chi connectivity index (χ0) is 14.5. The summed E-state index contributed by atoms with van der Waals surface area (Å²) in [5, 5.41) is 0. The summed E-state index contributed by atoms with van der Waals surface area (Å²) in [6, 6.07) is 16.5. The van der Waals surface area contributed by atoms with Crippen LogP contribution in [0.5, 0.6) is 11.5 Å². The van der Waals surface area contributed by atoms with E-state index in [4.69, 9.17) is 4.74 Å². The Hall–Kier alpha value is -2.42. The number of ketones is 2. The van der Waals surface area contributed by atoms with Crippen molar-refractivity contribution in [1.82, 2.24) is 0 Å². The molecule has 0 amide bonds. The van der Waals surface area contributed by atoms with Gasteiger partial charge in [-0.25, -0.2) is 0 Å². The molecular weight excluding hydrogens is 252 g/mol. The smallest absolute Gasteiger partial charge is 0.144 e. The van der Waals surface area contributed by atoms with Crippen LogP contribution in [0.3, 0.4) is 0 Å². The van der Waals surface area contributed by atoms with Crippen LogP contribution in [0, 0.1) is 0 Å². The van der Waals surface area contributed by atoms with Crippen molar-refractivity contribution in [2.75, 3.05) is 0 Å². The van der Waals surface area contributed by atoms with E-state index in [2.05, 4.69) is 0 Å². The van der Waals surface area contributed by atoms with Crippen LogP contribution in [0.4, 0.5) is 0 Å². The Morgan fingerprint density at radius 2 is 1.30 bits per heavy atom. The highest BCUT2D eigenvalue weighted by Crippen LogP contribution is 2.24. The maximum Gasteiger partial charge on any atom is 0.144 e. The number of hydrogen-bond donors (Lipinski definition) is 0. The zero-order valence-corrected chi connectivity index (χ0v) is 11.5. The Kier molecular flexibility index (Phi) is 4.31. The predicted molar refractivity (Wildman–Crippen MR) is 77.1 cm³/mol. The van der Waals surface area contributed by atoms with Gasteiger partial charge in [0.15, 0.2) is 0 Å². The topological polar surface area (TPSA) is 43.4 Å². The van der Waals surface area contributed by atoms with Crippen LogP contribution in [0.25, 0.3) is 0 Å². The number of ether oxygens (including phenoxy) is 1. The second-order valence-electron chi connectivity index (χ2n) is 4.64. The molecule has 20 heavy (non-hydrogen) atoms. The molecule has 0 aliphatic carbocycles. The summed E-state index contributed by atoms with van der Waals surface area (Å²) < 4.78 is 5.66. The van der Waals surface area contributed by atoms with E-state index >= 15 is 0 Å². The molecule has 0 atom stereocenters. The molecule has 0 saturated heterocycles. The van der Waals surface area contributed by atoms with Gasteiger partial charge in [0.1, 0.15) is 29.0 Å². The van der Waals surface area contributed by atoms with E-state index in [-0.39, 0.29) is 11.6 Å². The monoisotopic (exact) mass is 268 g/mol. The largest absolute Gasteiger partial charge is 0.457 e. The molecule has 0 N–H and O–H groups in total. The number of carbonyl (C=O) groups is 2. The van der Waals surface area contributed by atoms with Crippen LogP contribution in [-0.2, 0) is 9.59 Å². The Balaban J connectivity index is 2.18. The Bertz CT molecular complexity index is 586. The van der Waals surface area contributed by atoms with Crippen molar-refractivity contribution in [3.8, 4) is 11.5 Å². The lowest BCUT2D eigenvalue weighted by atomic mass is 9.92. The lowest BCUT2D eigenvalue weighted by Crippen LogP contribution is -2.16. The molecule has 2 rings (SSSR count). The molecule has 0 bridgehead atoms. The van der Waals surface area contributed by atoms with Gasteiger partial charge in [0.2, 0.25) is 0 Å². The molecule has 0 radical (unpaired) electrons. The van der Waals surface area contributed by atoms with E-state index in [0.717, 1.165) is 5.75 Å². The zero-order valence-electron chi connectivity index (χ0n) is 11.5. The third-order valence-corrected chi connectivity index (χ3v) is 3.01. The average molecular weight is 268 g/mol. The van der Waals surface area contributed by atoms with E-state index in [1.165, 1.54) is 13.8 Å². The van der Waals surface area contributed by atoms with Crippen LogP contribution in [-0.4, -0.2) is 11.6 Å². The second-order valence-corrected chi connectivity index (χ2v) is 4.64. The van der Waals surface area contributed by atoms with E-state index in [9.17, 15) is 9.59 Å². The number of rotatable bonds is 5. The summed E-state index contributed by atoms with van der Waals surface area (Å²) in [4.78, 5) is 23.0. The molecule has 0 saturated carbocycles. The highest BCUT2D eigenvalue weighted by molar-refractivity contribution is 6.05. The number of para-hydroxylation sites is 1. The maximum absolute atomic E-state index is 11.5. The molecule has 0 aromatic heterocycles. The lowest BCUT2D eigenvalue weighted by molar-refractivity contribution is -0.126. The molecule has 0 aliphatic rings. The summed E-state index contributed by atoms with van der Waals surface area (Å²) in [6.07, 6.45) is 0. The van der Waals surface area contributed by atoms with Gasteiger partial charge in [0.25, 0.3) is 0 Å². The predicted octanol–water partition coefficient (Wildman–Crippen LogP) is 3.74. The lowest BCUT2D eigenvalue weighted by Gasteiger charge is -2.11. The van der Waals surface area contributed by atoms with Gasteiger partial charge in [-0.1, -0.05) is 30.3 Å². The van der Waals surface area contributed by atoms with Gasteiger partial charge >= 0.3 is 0 Å². The third-order valence-electron chi connectivity index (χ3n) is 3.01. The van der Waals surface area contributed by atoms with Gasteiger partial charge in [-0.05, 0) is 43.7 Å². The fourth-order valence-electron chi connectivity index (χ4n) is 2.11. The molecule has 0 spiro atoms. The van der Waals surface area contributed by atoms with Gasteiger partial charge in [-0.2, -0.15) is 0 Å². The van der Waals surface area contributed by atoms with Gasteiger partial charge in [0, 0.05) is 0 Å². The minimum absolute atomic E-state index is 0.144. The number of carbonyl (C=O) groups excluding carboxylic acids is 2. The normalized spacial score (nSPS) is 10.3. The van der Waals surface area contributed by atoms with E-state index in [1.54, 1.807) is 24.3 Å². The van der Waals surface area contributed by atoms with Crippen molar-refractivity contribution >= 4 is 11.6 Å². The fraction of sp³-hybridized carbons (Fsp3) is 0.176. The minimum atomic E-state index is -0.680. The summed E-state index contributed by atoms with van der Waals surface area (Å²) in [5.41, 5.74) is 0.699. The minimum Gasteiger partial charge on any atom is -0.457 e. The molecule has 0 aliphatic heterocycles. The fourth-order valence-corrected chi connectivity index (χ4v) is 2.11. The van der Waals surface area contributed by atoms with Crippen molar-refractivity contribution in [2.24, 2.45) is 0 Å². The molecule has 3 nitrogen and oxygen atoms in total. The SMILES string of the molecule is CC(=O)C(C(C)=O)c1ccc(Oc2ccccc2)cc1. The van der Waals surface area contributed by atoms with Crippen molar-refractivity contribution in [3.05, 3.63) is 60.2 Å². The Labute approximate surface area is 118 Å². The van der Waals surface area contributed by atoms with Gasteiger partial charge < -0.3 is 4.74 Å². The molecule has 3 heteroatoms. The van der Waals surface area contributed by atoms with Crippen molar-refractivity contribution < 1.29 is 14.3 Å². The highest BCUT2D eigenvalue weighted by Gasteiger charge is 2.21. The number of Topliss-reactive ketones (excluding diaryl/α,β-unsaturated/α-hetero) is 2. The first-order valence-electron chi connectivity index (χ1n) is 6.41. The maximum atomic E-state index is 11.5. The summed E-state index contributed by atoms with van der Waals surface area (Å²) in [7, 11) is 0. The van der Waals surface area contributed by atoms with Gasteiger partial charge in [-0.15, -0.1) is 0 Å². The molecule has 0 unspecified atom stereocenters. The van der Waals surface area contributed by atoms with Crippen LogP contribution in [0.15, 0.2) is 54.6 Å². The van der Waals surface area contributed by atoms with Crippen LogP contribution >= 0.6 is 0 Å². The van der Waals surface area contributed by atoms with E-state index < -0.39 is 5.92 Å². The number of hydrogen-bond acceptors (Lipinski definition) is 3. The Morgan fingerprint density at radius 3 is 1.80 bits per heavy atom. The Morgan fingerprint density at radius 1 is 0.800 bits per heavy atom. The van der Waals surface area contributed by atoms with Crippen molar-refractivity contribution in [1.29, 1.82) is 0 Å². The molecule has 2 aromatic carbocycles. The van der Waals surface area contributed by atoms with Crippen LogP contribution in [0.2, 0.25) is 0 Å². The summed E-state index contributed by atoms with van der Waals surface area (Å²) >= 11 is 0. The highest BCUT2D eigenvalue weighted by atomic mass is 16.5.